The molecule has 3 N–H and O–H groups in total. The van der Waals surface area contributed by atoms with Crippen LogP contribution >= 0.6 is 0 Å². The molecule has 1 amide bonds. The Morgan fingerprint density at radius 1 is 0.968 bits per heavy atom. The summed E-state index contributed by atoms with van der Waals surface area (Å²) in [5.41, 5.74) is 5.92. The van der Waals surface area contributed by atoms with Gasteiger partial charge < -0.3 is 5.32 Å². The minimum Gasteiger partial charge on any atom is -0.334 e. The molecule has 0 aliphatic carbocycles. The summed E-state index contributed by atoms with van der Waals surface area (Å²) in [5, 5.41) is 25.7. The molecule has 1 aromatic heterocycles. The molecule has 0 unspecified atom stereocenters. The fourth-order valence-corrected chi connectivity index (χ4v) is 2.82. The summed E-state index contributed by atoms with van der Waals surface area (Å²) in [6, 6.07) is 10.8. The van der Waals surface area contributed by atoms with Gasteiger partial charge in [0.1, 0.15) is 11.9 Å². The van der Waals surface area contributed by atoms with Crippen LogP contribution in [0.25, 0.3) is 0 Å². The Morgan fingerprint density at radius 3 is 2.35 bits per heavy atom. The van der Waals surface area contributed by atoms with Crippen molar-refractivity contribution < 1.29 is 14.6 Å². The Labute approximate surface area is 175 Å². The second kappa shape index (κ2) is 8.82. The summed E-state index contributed by atoms with van der Waals surface area (Å²) in [5.74, 6) is -1.24. The van der Waals surface area contributed by atoms with Crippen LogP contribution in [-0.2, 0) is 0 Å². The number of carbonyl (C=O) groups is 1. The second-order valence-corrected chi connectivity index (χ2v) is 6.47. The fraction of sp³-hybridized carbons (Fsp3) is 0.105. The molecule has 12 heteroatoms. The van der Waals surface area contributed by atoms with Crippen molar-refractivity contribution in [3.05, 3.63) is 85.7 Å². The van der Waals surface area contributed by atoms with Crippen molar-refractivity contribution in [2.45, 2.75) is 13.8 Å². The lowest BCUT2D eigenvalue weighted by Gasteiger charge is -2.12. The number of hydrogen-bond acceptors (Lipinski definition) is 9. The molecular weight excluding hydrogens is 406 g/mol. The van der Waals surface area contributed by atoms with E-state index in [9.17, 15) is 25.0 Å². The van der Waals surface area contributed by atoms with Gasteiger partial charge in [-0.15, -0.1) is 0 Å². The number of para-hydroxylation sites is 1. The molecule has 1 heterocycles. The van der Waals surface area contributed by atoms with Gasteiger partial charge in [0, 0.05) is 11.8 Å². The SMILES string of the molecule is Cc1ccc(Nc2ncnc(NNC(=O)c3ccccc3[N+](=O)[O-])c2[N+](=O)[O-])c(C)c1. The number of amides is 1. The van der Waals surface area contributed by atoms with Gasteiger partial charge in [0.05, 0.1) is 9.85 Å². The van der Waals surface area contributed by atoms with Gasteiger partial charge >= 0.3 is 5.69 Å². The Bertz CT molecular complexity index is 1180. The topological polar surface area (TPSA) is 165 Å². The number of benzene rings is 2. The van der Waals surface area contributed by atoms with E-state index in [1.807, 2.05) is 26.0 Å². The second-order valence-electron chi connectivity index (χ2n) is 6.47. The summed E-state index contributed by atoms with van der Waals surface area (Å²) >= 11 is 0. The standard InChI is InChI=1S/C19H17N7O5/c1-11-7-8-14(12(2)9-11)22-17-16(26(30)31)18(21-10-20-17)23-24-19(27)13-5-3-4-6-15(13)25(28)29/h3-10H,1-2H3,(H,24,27)(H2,20,21,22,23). The van der Waals surface area contributed by atoms with Gasteiger partial charge in [0.25, 0.3) is 11.6 Å². The minimum atomic E-state index is -0.857. The summed E-state index contributed by atoms with van der Waals surface area (Å²) in [4.78, 5) is 41.5. The molecular formula is C19H17N7O5. The van der Waals surface area contributed by atoms with Crippen LogP contribution in [0, 0.1) is 34.1 Å². The number of rotatable bonds is 7. The molecule has 158 valence electrons. The zero-order valence-corrected chi connectivity index (χ0v) is 16.4. The number of nitrogens with one attached hydrogen (secondary N) is 3. The molecule has 31 heavy (non-hydrogen) atoms. The number of aryl methyl sites for hydroxylation is 2. The van der Waals surface area contributed by atoms with Crippen LogP contribution in [0.4, 0.5) is 28.7 Å². The summed E-state index contributed by atoms with van der Waals surface area (Å²) in [7, 11) is 0. The number of carbonyl (C=O) groups excluding carboxylic acids is 1. The largest absolute Gasteiger partial charge is 0.355 e. The highest BCUT2D eigenvalue weighted by atomic mass is 16.6. The predicted octanol–water partition coefficient (Wildman–Crippen LogP) is 3.41. The first-order valence-corrected chi connectivity index (χ1v) is 8.91. The van der Waals surface area contributed by atoms with E-state index < -0.39 is 27.1 Å². The fourth-order valence-electron chi connectivity index (χ4n) is 2.82. The maximum Gasteiger partial charge on any atom is 0.355 e. The third-order valence-corrected chi connectivity index (χ3v) is 4.28. The van der Waals surface area contributed by atoms with Crippen LogP contribution in [0.5, 0.6) is 0 Å². The molecule has 0 atom stereocenters. The van der Waals surface area contributed by atoms with E-state index in [4.69, 9.17) is 0 Å². The zero-order chi connectivity index (χ0) is 22.5. The zero-order valence-electron chi connectivity index (χ0n) is 16.4. The molecule has 12 nitrogen and oxygen atoms in total. The van der Waals surface area contributed by atoms with Crippen molar-refractivity contribution >= 4 is 34.6 Å². The lowest BCUT2D eigenvalue weighted by molar-refractivity contribution is -0.385. The number of nitro benzene ring substituents is 1. The van der Waals surface area contributed by atoms with Crippen LogP contribution in [0.2, 0.25) is 0 Å². The van der Waals surface area contributed by atoms with E-state index in [2.05, 4.69) is 26.1 Å². The molecule has 0 aliphatic heterocycles. The summed E-state index contributed by atoms with van der Waals surface area (Å²) in [6.45, 7) is 3.76. The Kier molecular flexibility index (Phi) is 6.00. The van der Waals surface area contributed by atoms with E-state index in [-0.39, 0.29) is 17.2 Å². The number of aromatic nitrogens is 2. The number of nitrogens with zero attached hydrogens (tertiary/aromatic N) is 4. The summed E-state index contributed by atoms with van der Waals surface area (Å²) in [6.07, 6.45) is 1.08. The average Bonchev–Trinajstić information content (AvgIpc) is 2.73. The molecule has 0 spiro atoms. The van der Waals surface area contributed by atoms with Crippen LogP contribution < -0.4 is 16.2 Å². The van der Waals surface area contributed by atoms with Gasteiger partial charge in [-0.05, 0) is 31.5 Å². The van der Waals surface area contributed by atoms with Crippen molar-refractivity contribution in [3.63, 3.8) is 0 Å². The molecule has 0 saturated heterocycles. The van der Waals surface area contributed by atoms with E-state index in [1.165, 1.54) is 24.3 Å². The number of nitro groups is 2. The molecule has 0 aliphatic rings. The van der Waals surface area contributed by atoms with E-state index in [1.54, 1.807) is 6.07 Å². The highest BCUT2D eigenvalue weighted by Crippen LogP contribution is 2.32. The monoisotopic (exact) mass is 423 g/mol. The summed E-state index contributed by atoms with van der Waals surface area (Å²) < 4.78 is 0. The smallest absolute Gasteiger partial charge is 0.334 e. The van der Waals surface area contributed by atoms with Gasteiger partial charge in [-0.1, -0.05) is 29.8 Å². The molecule has 0 radical (unpaired) electrons. The van der Waals surface area contributed by atoms with Crippen molar-refractivity contribution in [1.29, 1.82) is 0 Å². The number of hydrogen-bond donors (Lipinski definition) is 3. The van der Waals surface area contributed by atoms with Crippen molar-refractivity contribution in [1.82, 2.24) is 15.4 Å². The van der Waals surface area contributed by atoms with Crippen LogP contribution in [0.1, 0.15) is 21.5 Å². The van der Waals surface area contributed by atoms with Crippen LogP contribution in [0.3, 0.4) is 0 Å². The first kappa shape index (κ1) is 21.1. The molecule has 0 bridgehead atoms. The normalized spacial score (nSPS) is 10.3. The third kappa shape index (κ3) is 4.70. The van der Waals surface area contributed by atoms with Gasteiger partial charge in [-0.3, -0.25) is 35.9 Å². The molecule has 3 rings (SSSR count). The Hall–Kier alpha value is -4.61. The highest BCUT2D eigenvalue weighted by molar-refractivity contribution is 5.98. The maximum atomic E-state index is 12.4. The Morgan fingerprint density at radius 2 is 1.68 bits per heavy atom. The van der Waals surface area contributed by atoms with Crippen molar-refractivity contribution in [3.8, 4) is 0 Å². The Balaban J connectivity index is 1.87. The molecule has 2 aromatic carbocycles. The van der Waals surface area contributed by atoms with Gasteiger partial charge in [0.15, 0.2) is 0 Å². The predicted molar refractivity (Wildman–Crippen MR) is 112 cm³/mol. The lowest BCUT2D eigenvalue weighted by atomic mass is 10.1. The van der Waals surface area contributed by atoms with Crippen LogP contribution in [-0.4, -0.2) is 25.7 Å². The van der Waals surface area contributed by atoms with Crippen LogP contribution in [0.15, 0.2) is 48.8 Å². The lowest BCUT2D eigenvalue weighted by Crippen LogP contribution is -2.30. The maximum absolute atomic E-state index is 12.4. The van der Waals surface area contributed by atoms with Gasteiger partial charge in [-0.25, -0.2) is 9.97 Å². The first-order chi connectivity index (χ1) is 14.8. The third-order valence-electron chi connectivity index (χ3n) is 4.28. The van der Waals surface area contributed by atoms with E-state index in [0.717, 1.165) is 17.5 Å². The number of anilines is 3. The highest BCUT2D eigenvalue weighted by Gasteiger charge is 2.25. The van der Waals surface area contributed by atoms with Crippen molar-refractivity contribution in [2.75, 3.05) is 10.7 Å². The number of hydrazine groups is 1. The average molecular weight is 423 g/mol. The van der Waals surface area contributed by atoms with Crippen molar-refractivity contribution in [2.24, 2.45) is 0 Å². The first-order valence-electron chi connectivity index (χ1n) is 8.91. The molecule has 3 aromatic rings. The molecule has 0 saturated carbocycles. The quantitative estimate of drug-likeness (QED) is 0.381. The minimum absolute atomic E-state index is 0.0885. The van der Waals surface area contributed by atoms with Gasteiger partial charge in [0.2, 0.25) is 11.6 Å². The molecule has 0 fully saturated rings. The van der Waals surface area contributed by atoms with Gasteiger partial charge in [-0.2, -0.15) is 0 Å². The van der Waals surface area contributed by atoms with E-state index >= 15 is 0 Å². The van der Waals surface area contributed by atoms with E-state index in [0.29, 0.717) is 5.69 Å².